The van der Waals surface area contributed by atoms with E-state index in [4.69, 9.17) is 4.74 Å². The molecule has 1 aliphatic carbocycles. The van der Waals surface area contributed by atoms with Crippen LogP contribution in [0.15, 0.2) is 11.4 Å². The van der Waals surface area contributed by atoms with Crippen molar-refractivity contribution in [1.82, 2.24) is 9.97 Å². The van der Waals surface area contributed by atoms with Gasteiger partial charge in [-0.15, -0.1) is 11.3 Å². The summed E-state index contributed by atoms with van der Waals surface area (Å²) in [6.07, 6.45) is 5.78. The molecule has 0 radical (unpaired) electrons. The zero-order valence-corrected chi connectivity index (χ0v) is 14.7. The number of fused-ring (bicyclic) bond motifs is 3. The number of thioether (sulfide) groups is 1. The molecule has 2 heterocycles. The van der Waals surface area contributed by atoms with E-state index in [-0.39, 0.29) is 11.2 Å². The molecule has 0 fully saturated rings. The molecule has 0 saturated carbocycles. The Balaban J connectivity index is 2.01. The number of hydrogen-bond donors (Lipinski definition) is 0. The normalized spacial score (nSPS) is 19.0. The van der Waals surface area contributed by atoms with Crippen LogP contribution in [0.25, 0.3) is 10.2 Å². The zero-order chi connectivity index (χ0) is 15.7. The molecule has 22 heavy (non-hydrogen) atoms. The monoisotopic (exact) mass is 336 g/mol. The molecule has 2 aromatic rings. The standard InChI is InChI=1S/C16H20N2O2S2/c1-4-11(16(19)20-3)21-14-13-10-6-5-9(2)7-12(10)22-15(13)18-8-17-14/h8-9,11H,4-7H2,1-3H3. The molecule has 0 aliphatic heterocycles. The minimum Gasteiger partial charge on any atom is -0.468 e. The number of esters is 1. The predicted octanol–water partition coefficient (Wildman–Crippen LogP) is 3.86. The second kappa shape index (κ2) is 6.54. The van der Waals surface area contributed by atoms with Gasteiger partial charge in [0.15, 0.2) is 0 Å². The number of hydrogen-bond acceptors (Lipinski definition) is 6. The molecule has 0 spiro atoms. The number of nitrogens with zero attached hydrogens (tertiary/aromatic N) is 2. The predicted molar refractivity (Wildman–Crippen MR) is 90.6 cm³/mol. The lowest BCUT2D eigenvalue weighted by Gasteiger charge is -2.18. The van der Waals surface area contributed by atoms with E-state index in [1.807, 2.05) is 6.92 Å². The van der Waals surface area contributed by atoms with Gasteiger partial charge in [0.05, 0.1) is 7.11 Å². The first-order valence-corrected chi connectivity index (χ1v) is 9.33. The summed E-state index contributed by atoms with van der Waals surface area (Å²) in [4.78, 5) is 23.3. The molecule has 0 bridgehead atoms. The Hall–Kier alpha value is -1.14. The third kappa shape index (κ3) is 2.86. The molecule has 0 amide bonds. The fourth-order valence-corrected chi connectivity index (χ4v) is 5.39. The van der Waals surface area contributed by atoms with Crippen LogP contribution < -0.4 is 0 Å². The van der Waals surface area contributed by atoms with E-state index in [1.165, 1.54) is 41.1 Å². The molecule has 0 saturated heterocycles. The number of ether oxygens (including phenoxy) is 1. The Labute approximate surface area is 138 Å². The topological polar surface area (TPSA) is 52.1 Å². The molecule has 2 atom stereocenters. The van der Waals surface area contributed by atoms with Gasteiger partial charge in [-0.3, -0.25) is 4.79 Å². The number of carbonyl (C=O) groups excluding carboxylic acids is 1. The van der Waals surface area contributed by atoms with Crippen LogP contribution in [-0.4, -0.2) is 28.3 Å². The number of carbonyl (C=O) groups is 1. The Morgan fingerprint density at radius 1 is 1.55 bits per heavy atom. The van der Waals surface area contributed by atoms with Crippen LogP contribution in [0.5, 0.6) is 0 Å². The summed E-state index contributed by atoms with van der Waals surface area (Å²) in [5.74, 6) is 0.556. The highest BCUT2D eigenvalue weighted by Crippen LogP contribution is 2.41. The molecule has 0 aromatic carbocycles. The molecule has 6 heteroatoms. The molecule has 2 unspecified atom stereocenters. The zero-order valence-electron chi connectivity index (χ0n) is 13.1. The maximum Gasteiger partial charge on any atom is 0.319 e. The van der Waals surface area contributed by atoms with Gasteiger partial charge in [-0.1, -0.05) is 25.6 Å². The second-order valence-electron chi connectivity index (χ2n) is 5.75. The first kappa shape index (κ1) is 15.7. The Morgan fingerprint density at radius 3 is 3.09 bits per heavy atom. The highest BCUT2D eigenvalue weighted by molar-refractivity contribution is 8.00. The summed E-state index contributed by atoms with van der Waals surface area (Å²) < 4.78 is 4.90. The lowest BCUT2D eigenvalue weighted by atomic mass is 9.89. The number of aryl methyl sites for hydroxylation is 1. The molecule has 118 valence electrons. The number of aromatic nitrogens is 2. The summed E-state index contributed by atoms with van der Waals surface area (Å²) in [5.41, 5.74) is 1.40. The first-order chi connectivity index (χ1) is 10.6. The van der Waals surface area contributed by atoms with Crippen molar-refractivity contribution < 1.29 is 9.53 Å². The SMILES string of the molecule is CCC(Sc1ncnc2sc3c(c12)CCC(C)C3)C(=O)OC. The van der Waals surface area contributed by atoms with Crippen molar-refractivity contribution in [2.24, 2.45) is 5.92 Å². The summed E-state index contributed by atoms with van der Waals surface area (Å²) in [6.45, 7) is 4.30. The van der Waals surface area contributed by atoms with Crippen molar-refractivity contribution in [2.75, 3.05) is 7.11 Å². The molecule has 2 aromatic heterocycles. The fourth-order valence-electron chi connectivity index (χ4n) is 2.90. The van der Waals surface area contributed by atoms with Gasteiger partial charge < -0.3 is 4.74 Å². The fraction of sp³-hybridized carbons (Fsp3) is 0.562. The minimum absolute atomic E-state index is 0.183. The average molecular weight is 336 g/mol. The van der Waals surface area contributed by atoms with Crippen LogP contribution >= 0.6 is 23.1 Å². The van der Waals surface area contributed by atoms with Gasteiger partial charge in [-0.05, 0) is 37.2 Å². The number of methoxy groups -OCH3 is 1. The third-order valence-corrected chi connectivity index (χ3v) is 6.65. The average Bonchev–Trinajstić information content (AvgIpc) is 2.89. The molecule has 1 aliphatic rings. The van der Waals surface area contributed by atoms with Gasteiger partial charge in [-0.2, -0.15) is 0 Å². The van der Waals surface area contributed by atoms with Crippen LogP contribution in [0.4, 0.5) is 0 Å². The molecule has 0 N–H and O–H groups in total. The smallest absolute Gasteiger partial charge is 0.319 e. The van der Waals surface area contributed by atoms with Crippen LogP contribution in [0, 0.1) is 5.92 Å². The van der Waals surface area contributed by atoms with Gasteiger partial charge in [0.2, 0.25) is 0 Å². The largest absolute Gasteiger partial charge is 0.468 e. The van der Waals surface area contributed by atoms with Gasteiger partial charge >= 0.3 is 5.97 Å². The van der Waals surface area contributed by atoms with Gasteiger partial charge in [-0.25, -0.2) is 9.97 Å². The summed E-state index contributed by atoms with van der Waals surface area (Å²) >= 11 is 3.30. The van der Waals surface area contributed by atoms with Crippen molar-refractivity contribution in [2.45, 2.75) is 49.8 Å². The third-order valence-electron chi connectivity index (χ3n) is 4.15. The van der Waals surface area contributed by atoms with E-state index in [0.717, 1.165) is 35.0 Å². The lowest BCUT2D eigenvalue weighted by Crippen LogP contribution is -2.18. The maximum atomic E-state index is 11.9. The molecule has 3 rings (SSSR count). The van der Waals surface area contributed by atoms with Crippen LogP contribution in [0.1, 0.15) is 37.1 Å². The van der Waals surface area contributed by atoms with E-state index >= 15 is 0 Å². The second-order valence-corrected chi connectivity index (χ2v) is 8.02. The Bertz CT molecular complexity index is 699. The van der Waals surface area contributed by atoms with Crippen molar-refractivity contribution in [1.29, 1.82) is 0 Å². The summed E-state index contributed by atoms with van der Waals surface area (Å²) in [5, 5.41) is 1.89. The lowest BCUT2D eigenvalue weighted by molar-refractivity contribution is -0.140. The summed E-state index contributed by atoms with van der Waals surface area (Å²) in [7, 11) is 1.44. The number of rotatable bonds is 4. The van der Waals surface area contributed by atoms with Gasteiger partial charge in [0, 0.05) is 10.3 Å². The Morgan fingerprint density at radius 2 is 2.36 bits per heavy atom. The molecular weight excluding hydrogens is 316 g/mol. The Kier molecular flexibility index (Phi) is 4.68. The number of thiophene rings is 1. The van der Waals surface area contributed by atoms with Crippen molar-refractivity contribution >= 4 is 39.3 Å². The minimum atomic E-state index is -0.207. The molecule has 4 nitrogen and oxygen atoms in total. The summed E-state index contributed by atoms with van der Waals surface area (Å²) in [6, 6.07) is 0. The quantitative estimate of drug-likeness (QED) is 0.482. The van der Waals surface area contributed by atoms with Crippen molar-refractivity contribution in [3.63, 3.8) is 0 Å². The van der Waals surface area contributed by atoms with E-state index in [2.05, 4.69) is 16.9 Å². The van der Waals surface area contributed by atoms with E-state index in [9.17, 15) is 4.79 Å². The van der Waals surface area contributed by atoms with Crippen LogP contribution in [0.2, 0.25) is 0 Å². The van der Waals surface area contributed by atoms with Crippen molar-refractivity contribution in [3.05, 3.63) is 16.8 Å². The highest BCUT2D eigenvalue weighted by Gasteiger charge is 2.26. The van der Waals surface area contributed by atoms with Crippen LogP contribution in [-0.2, 0) is 22.4 Å². The van der Waals surface area contributed by atoms with E-state index < -0.39 is 0 Å². The van der Waals surface area contributed by atoms with Crippen LogP contribution in [0.3, 0.4) is 0 Å². The van der Waals surface area contributed by atoms with E-state index in [1.54, 1.807) is 17.7 Å². The highest BCUT2D eigenvalue weighted by atomic mass is 32.2. The van der Waals surface area contributed by atoms with Gasteiger partial charge in [0.1, 0.15) is 21.4 Å². The first-order valence-electron chi connectivity index (χ1n) is 7.63. The molecular formula is C16H20N2O2S2. The van der Waals surface area contributed by atoms with Crippen molar-refractivity contribution in [3.8, 4) is 0 Å². The van der Waals surface area contributed by atoms with E-state index in [0.29, 0.717) is 0 Å². The van der Waals surface area contributed by atoms with Gasteiger partial charge in [0.25, 0.3) is 0 Å². The maximum absolute atomic E-state index is 11.9.